The summed E-state index contributed by atoms with van der Waals surface area (Å²) < 4.78 is 13.9. The normalized spacial score (nSPS) is 30.1. The van der Waals surface area contributed by atoms with Crippen molar-refractivity contribution in [3.05, 3.63) is 16.8 Å². The van der Waals surface area contributed by atoms with Crippen LogP contribution in [-0.2, 0) is 16.0 Å². The summed E-state index contributed by atoms with van der Waals surface area (Å²) in [6.45, 7) is 4.62. The minimum atomic E-state index is -0.514. The van der Waals surface area contributed by atoms with Gasteiger partial charge in [-0.1, -0.05) is 11.6 Å². The predicted octanol–water partition coefficient (Wildman–Crippen LogP) is 2.77. The molecule has 0 radical (unpaired) electrons. The molecule has 22 heavy (non-hydrogen) atoms. The average molecular weight is 361 g/mol. The largest absolute Gasteiger partial charge is 0.344 e. The third-order valence-corrected chi connectivity index (χ3v) is 5.63. The van der Waals surface area contributed by atoms with Gasteiger partial charge < -0.3 is 14.0 Å². The van der Waals surface area contributed by atoms with Gasteiger partial charge in [0.2, 0.25) is 5.28 Å². The van der Waals surface area contributed by atoms with E-state index in [-0.39, 0.29) is 27.9 Å². The molecule has 4 rings (SSSR count). The van der Waals surface area contributed by atoms with E-state index in [4.69, 9.17) is 32.7 Å². The Morgan fingerprint density at radius 2 is 2.18 bits per heavy atom. The minimum absolute atomic E-state index is 0.0743. The molecular formula is C13H14Cl2N4O2S. The van der Waals surface area contributed by atoms with Gasteiger partial charge >= 0.3 is 0 Å². The van der Waals surface area contributed by atoms with Gasteiger partial charge in [-0.3, -0.25) is 0 Å². The summed E-state index contributed by atoms with van der Waals surface area (Å²) in [5.41, 5.74) is 1.21. The van der Waals surface area contributed by atoms with Crippen LogP contribution in [0.3, 0.4) is 0 Å². The Hall–Kier alpha value is -0.600. The highest BCUT2D eigenvalue weighted by Crippen LogP contribution is 2.42. The van der Waals surface area contributed by atoms with Gasteiger partial charge in [0.25, 0.3) is 0 Å². The van der Waals surface area contributed by atoms with E-state index in [1.807, 2.05) is 30.2 Å². The van der Waals surface area contributed by atoms with Crippen molar-refractivity contribution >= 4 is 46.1 Å². The summed E-state index contributed by atoms with van der Waals surface area (Å²) in [5.74, 6) is 0.419. The predicted molar refractivity (Wildman–Crippen MR) is 85.4 cm³/mol. The van der Waals surface area contributed by atoms with Crippen LogP contribution in [0.1, 0.15) is 13.8 Å². The molecule has 2 fully saturated rings. The lowest BCUT2D eigenvalue weighted by molar-refractivity contribution is -0.145. The molecule has 118 valence electrons. The van der Waals surface area contributed by atoms with Crippen molar-refractivity contribution < 1.29 is 9.47 Å². The van der Waals surface area contributed by atoms with Gasteiger partial charge in [0.05, 0.1) is 17.7 Å². The van der Waals surface area contributed by atoms with E-state index >= 15 is 0 Å². The molecule has 4 heterocycles. The van der Waals surface area contributed by atoms with E-state index < -0.39 is 5.79 Å². The molecule has 0 N–H and O–H groups in total. The molecule has 2 aromatic rings. The monoisotopic (exact) mass is 360 g/mol. The fourth-order valence-electron chi connectivity index (χ4n) is 2.99. The number of aromatic nitrogens is 4. The molecule has 2 aliphatic rings. The zero-order valence-electron chi connectivity index (χ0n) is 12.0. The van der Waals surface area contributed by atoms with Crippen LogP contribution in [0, 0.1) is 0 Å². The average Bonchev–Trinajstić information content (AvgIpc) is 3.05. The topological polar surface area (TPSA) is 62.1 Å². The van der Waals surface area contributed by atoms with Crippen LogP contribution in [-0.4, -0.2) is 48.5 Å². The first kappa shape index (κ1) is 15.0. The summed E-state index contributed by atoms with van der Waals surface area (Å²) in [7, 11) is 0. The molecule has 2 aliphatic heterocycles. The van der Waals surface area contributed by atoms with Gasteiger partial charge in [-0.05, 0) is 25.4 Å². The van der Waals surface area contributed by atoms with Crippen molar-refractivity contribution in [2.75, 3.05) is 5.75 Å². The molecule has 2 aromatic heterocycles. The lowest BCUT2D eigenvalue weighted by atomic mass is 10.1. The molecule has 0 aliphatic carbocycles. The van der Waals surface area contributed by atoms with E-state index in [1.165, 1.54) is 0 Å². The zero-order chi connectivity index (χ0) is 15.5. The summed E-state index contributed by atoms with van der Waals surface area (Å²) >= 11 is 13.8. The van der Waals surface area contributed by atoms with Gasteiger partial charge in [-0.2, -0.15) is 16.7 Å². The van der Waals surface area contributed by atoms with E-state index in [1.54, 1.807) is 6.33 Å². The Labute approximate surface area is 141 Å². The van der Waals surface area contributed by atoms with Crippen molar-refractivity contribution in [1.82, 2.24) is 19.5 Å². The summed E-state index contributed by atoms with van der Waals surface area (Å²) in [5, 5.41) is 0.668. The first-order valence-corrected chi connectivity index (χ1v) is 8.74. The quantitative estimate of drug-likeness (QED) is 0.606. The smallest absolute Gasteiger partial charge is 0.225 e. The molecule has 9 heteroatoms. The molecule has 3 atom stereocenters. The fourth-order valence-corrected chi connectivity index (χ4v) is 4.79. The summed E-state index contributed by atoms with van der Waals surface area (Å²) in [4.78, 5) is 12.4. The molecule has 0 saturated carbocycles. The number of hydrogen-bond acceptors (Lipinski definition) is 6. The Morgan fingerprint density at radius 3 is 3.00 bits per heavy atom. The van der Waals surface area contributed by atoms with Crippen LogP contribution in [0.4, 0.5) is 0 Å². The number of imidazole rings is 1. The second-order valence-electron chi connectivity index (χ2n) is 5.86. The molecule has 0 amide bonds. The molecule has 2 saturated heterocycles. The maximum absolute atomic E-state index is 6.06. The van der Waals surface area contributed by atoms with Crippen LogP contribution in [0.5, 0.6) is 0 Å². The van der Waals surface area contributed by atoms with Crippen LogP contribution in [0.2, 0.25) is 10.4 Å². The highest BCUT2D eigenvalue weighted by atomic mass is 35.5. The summed E-state index contributed by atoms with van der Waals surface area (Å²) in [6.07, 6.45) is 1.93. The Kier molecular flexibility index (Phi) is 3.54. The Bertz CT molecular complexity index is 738. The van der Waals surface area contributed by atoms with Gasteiger partial charge in [-0.25, -0.2) is 9.97 Å². The fraction of sp³-hybridized carbons (Fsp3) is 0.615. The SMILES string of the molecule is CC1(C)O[C@H]2[C@H](Cn3cnc4c(Cl)nc(Cl)nc43)SC[C@H]2O1. The van der Waals surface area contributed by atoms with Crippen LogP contribution in [0.15, 0.2) is 6.33 Å². The lowest BCUT2D eigenvalue weighted by Gasteiger charge is -2.21. The van der Waals surface area contributed by atoms with Gasteiger partial charge in [0.1, 0.15) is 11.6 Å². The van der Waals surface area contributed by atoms with Crippen LogP contribution in [0.25, 0.3) is 11.2 Å². The third-order valence-electron chi connectivity index (χ3n) is 3.83. The second-order valence-corrected chi connectivity index (χ2v) is 7.83. The zero-order valence-corrected chi connectivity index (χ0v) is 14.3. The standard InChI is InChI=1S/C13H14Cl2N4O2S/c1-13(2)20-6-4-22-7(9(6)21-13)3-19-5-16-8-10(14)17-12(15)18-11(8)19/h5-7,9H,3-4H2,1-2H3/t6-,7+,9-/m1/s1. The number of halogens is 2. The Morgan fingerprint density at radius 1 is 1.36 bits per heavy atom. The number of thioether (sulfide) groups is 1. The molecule has 0 aromatic carbocycles. The molecule has 0 unspecified atom stereocenters. The van der Waals surface area contributed by atoms with Crippen molar-refractivity contribution in [2.45, 2.75) is 43.6 Å². The number of rotatable bonds is 2. The lowest BCUT2D eigenvalue weighted by Crippen LogP contribution is -2.30. The van der Waals surface area contributed by atoms with Crippen molar-refractivity contribution in [3.63, 3.8) is 0 Å². The van der Waals surface area contributed by atoms with Gasteiger partial charge in [0.15, 0.2) is 16.6 Å². The van der Waals surface area contributed by atoms with Crippen LogP contribution >= 0.6 is 35.0 Å². The maximum atomic E-state index is 6.06. The molecule has 6 nitrogen and oxygen atoms in total. The first-order valence-electron chi connectivity index (χ1n) is 6.94. The highest BCUT2D eigenvalue weighted by Gasteiger charge is 2.49. The number of nitrogens with zero attached hydrogens (tertiary/aromatic N) is 4. The third kappa shape index (κ3) is 2.49. The Balaban J connectivity index is 1.62. The molecular weight excluding hydrogens is 347 g/mol. The maximum Gasteiger partial charge on any atom is 0.225 e. The highest BCUT2D eigenvalue weighted by molar-refractivity contribution is 8.00. The second kappa shape index (κ2) is 5.21. The summed E-state index contributed by atoms with van der Waals surface area (Å²) in [6, 6.07) is 0. The van der Waals surface area contributed by atoms with Crippen molar-refractivity contribution in [3.8, 4) is 0 Å². The van der Waals surface area contributed by atoms with E-state index in [0.717, 1.165) is 5.75 Å². The van der Waals surface area contributed by atoms with Crippen LogP contribution < -0.4 is 0 Å². The van der Waals surface area contributed by atoms with E-state index in [2.05, 4.69) is 15.0 Å². The minimum Gasteiger partial charge on any atom is -0.344 e. The van der Waals surface area contributed by atoms with Gasteiger partial charge in [-0.15, -0.1) is 0 Å². The number of fused-ring (bicyclic) bond motifs is 2. The first-order chi connectivity index (χ1) is 10.4. The van der Waals surface area contributed by atoms with Crippen molar-refractivity contribution in [2.24, 2.45) is 0 Å². The van der Waals surface area contributed by atoms with E-state index in [9.17, 15) is 0 Å². The van der Waals surface area contributed by atoms with Gasteiger partial charge in [0, 0.05) is 12.3 Å². The number of hydrogen-bond donors (Lipinski definition) is 0. The molecule has 0 spiro atoms. The molecule has 0 bridgehead atoms. The van der Waals surface area contributed by atoms with Crippen molar-refractivity contribution in [1.29, 1.82) is 0 Å². The number of ether oxygens (including phenoxy) is 2. The van der Waals surface area contributed by atoms with E-state index in [0.29, 0.717) is 17.7 Å².